The smallest absolute Gasteiger partial charge is 0.257 e. The zero-order valence-electron chi connectivity index (χ0n) is 20.9. The predicted molar refractivity (Wildman–Crippen MR) is 142 cm³/mol. The molecule has 9 nitrogen and oxygen atoms in total. The van der Waals surface area contributed by atoms with Crippen molar-refractivity contribution in [3.63, 3.8) is 0 Å². The van der Waals surface area contributed by atoms with Crippen LogP contribution in [0.15, 0.2) is 66.2 Å². The topological polar surface area (TPSA) is 95.1 Å². The first-order chi connectivity index (χ1) is 18.6. The van der Waals surface area contributed by atoms with Crippen molar-refractivity contribution in [2.75, 3.05) is 32.8 Å². The second-order valence-electron chi connectivity index (χ2n) is 9.90. The average molecular weight is 532 g/mol. The van der Waals surface area contributed by atoms with Gasteiger partial charge in [-0.05, 0) is 42.1 Å². The van der Waals surface area contributed by atoms with Gasteiger partial charge in [0.15, 0.2) is 0 Å². The van der Waals surface area contributed by atoms with Crippen LogP contribution in [0, 0.1) is 0 Å². The molecule has 2 bridgehead atoms. The summed E-state index contributed by atoms with van der Waals surface area (Å²) in [6.07, 6.45) is 2.11. The number of piperazine rings is 1. The summed E-state index contributed by atoms with van der Waals surface area (Å²) in [5.74, 6) is -0.0822. The first-order valence-electron chi connectivity index (χ1n) is 12.9. The van der Waals surface area contributed by atoms with Crippen LogP contribution in [-0.4, -0.2) is 88.3 Å². The number of nitrogens with zero attached hydrogens (tertiary/aromatic N) is 4. The number of hydrogen-bond donors (Lipinski definition) is 1. The summed E-state index contributed by atoms with van der Waals surface area (Å²) < 4.78 is 6.07. The van der Waals surface area contributed by atoms with Crippen LogP contribution in [0.25, 0.3) is 0 Å². The van der Waals surface area contributed by atoms with Gasteiger partial charge in [0.05, 0.1) is 12.1 Å². The number of fused-ring (bicyclic) bond motifs is 4. The van der Waals surface area contributed by atoms with Gasteiger partial charge in [0.1, 0.15) is 12.2 Å². The molecular formula is C28H29N5O4S. The quantitative estimate of drug-likeness (QED) is 0.557. The maximum absolute atomic E-state index is 14.1. The van der Waals surface area contributed by atoms with Crippen LogP contribution in [0.3, 0.4) is 0 Å². The summed E-state index contributed by atoms with van der Waals surface area (Å²) in [7, 11) is 0. The van der Waals surface area contributed by atoms with E-state index in [2.05, 4.69) is 21.3 Å². The molecule has 10 heteroatoms. The van der Waals surface area contributed by atoms with Crippen molar-refractivity contribution in [2.24, 2.45) is 0 Å². The maximum atomic E-state index is 14.1. The number of carbonyl (C=O) groups excluding carboxylic acids is 3. The van der Waals surface area contributed by atoms with Gasteiger partial charge < -0.3 is 19.9 Å². The Hall–Kier alpha value is -3.76. The van der Waals surface area contributed by atoms with Gasteiger partial charge in [0.2, 0.25) is 11.8 Å². The fourth-order valence-corrected chi connectivity index (χ4v) is 6.32. The summed E-state index contributed by atoms with van der Waals surface area (Å²) in [6, 6.07) is 15.8. The van der Waals surface area contributed by atoms with Crippen molar-refractivity contribution >= 4 is 29.1 Å². The SMILES string of the molecule is O=C1N[C@H]2C[C@@H](C(=O)N3CCN(C(=O)c4ccccc4)C[C@H]3COc3ncccc31)N(Cc1cccs1)C2. The van der Waals surface area contributed by atoms with E-state index in [4.69, 9.17) is 4.74 Å². The van der Waals surface area contributed by atoms with Crippen molar-refractivity contribution in [3.05, 3.63) is 82.2 Å². The Morgan fingerprint density at radius 1 is 1.05 bits per heavy atom. The summed E-state index contributed by atoms with van der Waals surface area (Å²) in [6.45, 7) is 2.56. The van der Waals surface area contributed by atoms with Crippen LogP contribution in [0.2, 0.25) is 0 Å². The monoisotopic (exact) mass is 531 g/mol. The molecule has 3 aliphatic heterocycles. The number of nitrogens with one attached hydrogen (secondary N) is 1. The van der Waals surface area contributed by atoms with Crippen LogP contribution in [0.1, 0.15) is 32.0 Å². The highest BCUT2D eigenvalue weighted by Gasteiger charge is 2.43. The zero-order valence-corrected chi connectivity index (χ0v) is 21.7. The van der Waals surface area contributed by atoms with E-state index in [-0.39, 0.29) is 48.3 Å². The Morgan fingerprint density at radius 2 is 1.92 bits per heavy atom. The van der Waals surface area contributed by atoms with E-state index in [1.54, 1.807) is 46.7 Å². The van der Waals surface area contributed by atoms with Crippen LogP contribution >= 0.6 is 11.3 Å². The van der Waals surface area contributed by atoms with E-state index >= 15 is 0 Å². The van der Waals surface area contributed by atoms with E-state index in [0.717, 1.165) is 0 Å². The van der Waals surface area contributed by atoms with Gasteiger partial charge in [0, 0.05) is 55.4 Å². The largest absolute Gasteiger partial charge is 0.475 e. The van der Waals surface area contributed by atoms with Crippen LogP contribution in [-0.2, 0) is 11.3 Å². The van der Waals surface area contributed by atoms with Crippen molar-refractivity contribution in [1.29, 1.82) is 0 Å². The Kier molecular flexibility index (Phi) is 6.82. The molecule has 2 saturated heterocycles. The number of thiophene rings is 1. The Balaban J connectivity index is 1.31. The number of carbonyl (C=O) groups is 3. The van der Waals surface area contributed by atoms with Gasteiger partial charge in [-0.25, -0.2) is 4.98 Å². The molecule has 3 aromatic rings. The molecule has 0 aliphatic carbocycles. The third-order valence-electron chi connectivity index (χ3n) is 7.46. The van der Waals surface area contributed by atoms with Crippen LogP contribution in [0.4, 0.5) is 0 Å². The minimum absolute atomic E-state index is 0.0144. The Bertz CT molecular complexity index is 1320. The molecule has 0 unspecified atom stereocenters. The molecule has 2 fully saturated rings. The van der Waals surface area contributed by atoms with E-state index in [0.29, 0.717) is 50.3 Å². The van der Waals surface area contributed by atoms with E-state index < -0.39 is 0 Å². The minimum Gasteiger partial charge on any atom is -0.475 e. The van der Waals surface area contributed by atoms with Crippen molar-refractivity contribution in [3.8, 4) is 5.88 Å². The molecule has 2 aromatic heterocycles. The van der Waals surface area contributed by atoms with E-state index in [1.807, 2.05) is 34.5 Å². The van der Waals surface area contributed by atoms with Crippen LogP contribution in [0.5, 0.6) is 5.88 Å². The number of amides is 3. The molecular weight excluding hydrogens is 502 g/mol. The number of likely N-dealkylation sites (tertiary alicyclic amines) is 1. The third-order valence-corrected chi connectivity index (χ3v) is 8.33. The van der Waals surface area contributed by atoms with E-state index in [1.165, 1.54) is 4.88 Å². The highest BCUT2D eigenvalue weighted by Crippen LogP contribution is 2.28. The van der Waals surface area contributed by atoms with Crippen molar-refractivity contribution < 1.29 is 19.1 Å². The highest BCUT2D eigenvalue weighted by atomic mass is 32.1. The van der Waals surface area contributed by atoms with Crippen molar-refractivity contribution in [2.45, 2.75) is 31.1 Å². The standard InChI is InChI=1S/C28H29N5O4S/c34-25-23-9-4-10-29-26(23)37-18-21-16-31(27(35)19-6-2-1-3-7-19)11-12-33(21)28(36)24-14-20(30-25)15-32(24)17-22-8-5-13-38-22/h1-10,13,20-21,24H,11-12,14-18H2,(H,30,34)/t20-,21-,24-/m0/s1. The molecule has 3 atom stereocenters. The number of benzene rings is 1. The molecule has 1 aromatic carbocycles. The molecule has 0 spiro atoms. The highest BCUT2D eigenvalue weighted by molar-refractivity contribution is 7.09. The molecule has 196 valence electrons. The molecule has 3 aliphatic rings. The summed E-state index contributed by atoms with van der Waals surface area (Å²) in [5.41, 5.74) is 0.984. The number of hydrogen-bond acceptors (Lipinski definition) is 7. The van der Waals surface area contributed by atoms with Gasteiger partial charge in [-0.2, -0.15) is 0 Å². The molecule has 5 heterocycles. The summed E-state index contributed by atoms with van der Waals surface area (Å²) >= 11 is 1.66. The third kappa shape index (κ3) is 4.89. The number of ether oxygens (including phenoxy) is 1. The predicted octanol–water partition coefficient (Wildman–Crippen LogP) is 2.26. The average Bonchev–Trinajstić information content (AvgIpc) is 3.61. The molecule has 1 N–H and O–H groups in total. The fourth-order valence-electron chi connectivity index (χ4n) is 5.59. The van der Waals surface area contributed by atoms with Gasteiger partial charge in [-0.15, -0.1) is 11.3 Å². The molecule has 3 amide bonds. The number of rotatable bonds is 3. The van der Waals surface area contributed by atoms with Gasteiger partial charge in [-0.1, -0.05) is 24.3 Å². The summed E-state index contributed by atoms with van der Waals surface area (Å²) in [5, 5.41) is 5.14. The Morgan fingerprint density at radius 3 is 2.74 bits per heavy atom. The fraction of sp³-hybridized carbons (Fsp3) is 0.357. The van der Waals surface area contributed by atoms with Gasteiger partial charge in [0.25, 0.3) is 11.8 Å². The number of pyridine rings is 1. The van der Waals surface area contributed by atoms with E-state index in [9.17, 15) is 14.4 Å². The second-order valence-corrected chi connectivity index (χ2v) is 10.9. The van der Waals surface area contributed by atoms with Gasteiger partial charge in [-0.3, -0.25) is 19.3 Å². The molecule has 6 rings (SSSR count). The number of aromatic nitrogens is 1. The Labute approximate surface area is 225 Å². The molecule has 0 radical (unpaired) electrons. The summed E-state index contributed by atoms with van der Waals surface area (Å²) in [4.78, 5) is 51.8. The lowest BCUT2D eigenvalue weighted by atomic mass is 10.1. The lowest BCUT2D eigenvalue weighted by Gasteiger charge is -2.43. The molecule has 38 heavy (non-hydrogen) atoms. The molecule has 0 saturated carbocycles. The minimum atomic E-state index is -0.371. The van der Waals surface area contributed by atoms with Crippen molar-refractivity contribution in [1.82, 2.24) is 25.0 Å². The van der Waals surface area contributed by atoms with Crippen LogP contribution < -0.4 is 10.1 Å². The zero-order chi connectivity index (χ0) is 26.1. The van der Waals surface area contributed by atoms with Gasteiger partial charge >= 0.3 is 0 Å². The maximum Gasteiger partial charge on any atom is 0.257 e. The first kappa shape index (κ1) is 24.6. The second kappa shape index (κ2) is 10.5. The lowest BCUT2D eigenvalue weighted by molar-refractivity contribution is -0.141. The first-order valence-corrected chi connectivity index (χ1v) is 13.7. The normalized spacial score (nSPS) is 23.9. The lowest BCUT2D eigenvalue weighted by Crippen LogP contribution is -2.61.